The monoisotopic (exact) mass is 226 g/mol. The van der Waals surface area contributed by atoms with Gasteiger partial charge in [-0.25, -0.2) is 0 Å². The molecule has 0 fully saturated rings. The predicted octanol–water partition coefficient (Wildman–Crippen LogP) is 1.55. The second-order valence-electron chi connectivity index (χ2n) is 3.48. The number of nitrogens with two attached hydrogens (primary N) is 1. The summed E-state index contributed by atoms with van der Waals surface area (Å²) in [6, 6.07) is 7.40. The summed E-state index contributed by atoms with van der Waals surface area (Å²) in [7, 11) is 0. The smallest absolute Gasteiger partial charge is 0.224 e. The van der Waals surface area contributed by atoms with Crippen LogP contribution in [-0.2, 0) is 11.3 Å². The van der Waals surface area contributed by atoms with E-state index in [0.717, 1.165) is 5.56 Å². The van der Waals surface area contributed by atoms with Crippen LogP contribution in [0.25, 0.3) is 0 Å². The lowest BCUT2D eigenvalue weighted by Gasteiger charge is -2.09. The Morgan fingerprint density at radius 1 is 1.60 bits per heavy atom. The average Bonchev–Trinajstić information content (AvgIpc) is 2.25. The molecule has 82 valence electrons. The van der Waals surface area contributed by atoms with Crippen LogP contribution < -0.4 is 11.1 Å². The lowest BCUT2D eigenvalue weighted by atomic mass is 10.1. The molecule has 1 rings (SSSR count). The standard InChI is InChI=1S/C11H15ClN2O/c1-8(6-13)11(15)14-7-9-3-2-4-10(12)5-9/h2-5,8H,6-7,13H2,1H3,(H,14,15). The molecule has 3 nitrogen and oxygen atoms in total. The summed E-state index contributed by atoms with van der Waals surface area (Å²) in [5.74, 6) is -0.179. The number of carbonyl (C=O) groups is 1. The highest BCUT2D eigenvalue weighted by Gasteiger charge is 2.09. The van der Waals surface area contributed by atoms with Crippen LogP contribution in [0.5, 0.6) is 0 Å². The molecule has 0 aliphatic carbocycles. The fraction of sp³-hybridized carbons (Fsp3) is 0.364. The minimum absolute atomic E-state index is 0.0301. The van der Waals surface area contributed by atoms with Gasteiger partial charge in [-0.15, -0.1) is 0 Å². The van der Waals surface area contributed by atoms with Gasteiger partial charge in [-0.1, -0.05) is 30.7 Å². The van der Waals surface area contributed by atoms with Gasteiger partial charge in [0.05, 0.1) is 0 Å². The fourth-order valence-corrected chi connectivity index (χ4v) is 1.33. The van der Waals surface area contributed by atoms with Crippen molar-refractivity contribution in [2.45, 2.75) is 13.5 Å². The lowest BCUT2D eigenvalue weighted by molar-refractivity contribution is -0.124. The third-order valence-corrected chi connectivity index (χ3v) is 2.39. The van der Waals surface area contributed by atoms with Crippen LogP contribution in [0.4, 0.5) is 0 Å². The first kappa shape index (κ1) is 12.0. The first-order chi connectivity index (χ1) is 7.13. The van der Waals surface area contributed by atoms with Gasteiger partial charge in [0.25, 0.3) is 0 Å². The van der Waals surface area contributed by atoms with Gasteiger partial charge in [0.15, 0.2) is 0 Å². The molecule has 0 aromatic heterocycles. The fourth-order valence-electron chi connectivity index (χ4n) is 1.12. The molecular weight excluding hydrogens is 212 g/mol. The van der Waals surface area contributed by atoms with Gasteiger partial charge in [0, 0.05) is 24.0 Å². The zero-order valence-corrected chi connectivity index (χ0v) is 9.42. The first-order valence-electron chi connectivity index (χ1n) is 4.85. The summed E-state index contributed by atoms with van der Waals surface area (Å²) in [6.07, 6.45) is 0. The SMILES string of the molecule is CC(CN)C(=O)NCc1cccc(Cl)c1. The van der Waals surface area contributed by atoms with Crippen molar-refractivity contribution >= 4 is 17.5 Å². The molecule has 0 heterocycles. The molecule has 1 aromatic rings. The molecule has 0 saturated carbocycles. The number of amides is 1. The largest absolute Gasteiger partial charge is 0.352 e. The summed E-state index contributed by atoms with van der Waals surface area (Å²) < 4.78 is 0. The zero-order chi connectivity index (χ0) is 11.3. The van der Waals surface area contributed by atoms with Crippen molar-refractivity contribution in [3.05, 3.63) is 34.9 Å². The molecule has 0 spiro atoms. The number of hydrogen-bond donors (Lipinski definition) is 2. The molecule has 1 unspecified atom stereocenters. The van der Waals surface area contributed by atoms with E-state index in [0.29, 0.717) is 18.1 Å². The summed E-state index contributed by atoms with van der Waals surface area (Å²) in [5.41, 5.74) is 6.37. The summed E-state index contributed by atoms with van der Waals surface area (Å²) >= 11 is 5.82. The number of rotatable bonds is 4. The van der Waals surface area contributed by atoms with Crippen LogP contribution in [0, 0.1) is 5.92 Å². The number of hydrogen-bond acceptors (Lipinski definition) is 2. The third-order valence-electron chi connectivity index (χ3n) is 2.16. The van der Waals surface area contributed by atoms with Crippen LogP contribution in [0.2, 0.25) is 5.02 Å². The van der Waals surface area contributed by atoms with E-state index in [4.69, 9.17) is 17.3 Å². The van der Waals surface area contributed by atoms with Gasteiger partial charge < -0.3 is 11.1 Å². The van der Waals surface area contributed by atoms with E-state index in [2.05, 4.69) is 5.32 Å². The van der Waals surface area contributed by atoms with Crippen molar-refractivity contribution in [3.63, 3.8) is 0 Å². The van der Waals surface area contributed by atoms with Gasteiger partial charge in [0.2, 0.25) is 5.91 Å². The van der Waals surface area contributed by atoms with Crippen molar-refractivity contribution in [1.82, 2.24) is 5.32 Å². The van der Waals surface area contributed by atoms with Crippen LogP contribution in [-0.4, -0.2) is 12.5 Å². The predicted molar refractivity (Wildman–Crippen MR) is 61.5 cm³/mol. The number of nitrogens with one attached hydrogen (secondary N) is 1. The Hall–Kier alpha value is -1.06. The molecule has 3 N–H and O–H groups in total. The lowest BCUT2D eigenvalue weighted by Crippen LogP contribution is -2.32. The molecule has 15 heavy (non-hydrogen) atoms. The van der Waals surface area contributed by atoms with Crippen LogP contribution in [0.3, 0.4) is 0 Å². The van der Waals surface area contributed by atoms with Crippen molar-refractivity contribution < 1.29 is 4.79 Å². The highest BCUT2D eigenvalue weighted by Crippen LogP contribution is 2.10. The third kappa shape index (κ3) is 3.90. The molecule has 0 saturated heterocycles. The molecule has 1 amide bonds. The maximum atomic E-state index is 11.4. The highest BCUT2D eigenvalue weighted by atomic mass is 35.5. The molecule has 0 aliphatic rings. The van der Waals surface area contributed by atoms with Crippen molar-refractivity contribution in [3.8, 4) is 0 Å². The maximum Gasteiger partial charge on any atom is 0.224 e. The molecule has 0 radical (unpaired) electrons. The first-order valence-corrected chi connectivity index (χ1v) is 5.23. The highest BCUT2D eigenvalue weighted by molar-refractivity contribution is 6.30. The van der Waals surface area contributed by atoms with Crippen molar-refractivity contribution in [1.29, 1.82) is 0 Å². The topological polar surface area (TPSA) is 55.1 Å². The normalized spacial score (nSPS) is 12.2. The van der Waals surface area contributed by atoms with E-state index in [9.17, 15) is 4.79 Å². The van der Waals surface area contributed by atoms with E-state index in [1.165, 1.54) is 0 Å². The Morgan fingerprint density at radius 3 is 2.93 bits per heavy atom. The van der Waals surface area contributed by atoms with Crippen LogP contribution >= 0.6 is 11.6 Å². The molecule has 4 heteroatoms. The summed E-state index contributed by atoms with van der Waals surface area (Å²) in [5, 5.41) is 3.47. The molecule has 1 aromatic carbocycles. The molecular formula is C11H15ClN2O. The van der Waals surface area contributed by atoms with Gasteiger partial charge >= 0.3 is 0 Å². The van der Waals surface area contributed by atoms with E-state index in [1.807, 2.05) is 18.2 Å². The number of carbonyl (C=O) groups excluding carboxylic acids is 1. The van der Waals surface area contributed by atoms with Crippen LogP contribution in [0.1, 0.15) is 12.5 Å². The van der Waals surface area contributed by atoms with E-state index >= 15 is 0 Å². The average molecular weight is 227 g/mol. The Kier molecular flexibility index (Phi) is 4.59. The molecule has 1 atom stereocenters. The van der Waals surface area contributed by atoms with E-state index < -0.39 is 0 Å². The van der Waals surface area contributed by atoms with E-state index in [-0.39, 0.29) is 11.8 Å². The summed E-state index contributed by atoms with van der Waals surface area (Å²) in [6.45, 7) is 2.65. The van der Waals surface area contributed by atoms with E-state index in [1.54, 1.807) is 13.0 Å². The second kappa shape index (κ2) is 5.73. The Bertz CT molecular complexity index is 341. The number of benzene rings is 1. The van der Waals surface area contributed by atoms with Gasteiger partial charge in [0.1, 0.15) is 0 Å². The molecule has 0 bridgehead atoms. The van der Waals surface area contributed by atoms with Crippen molar-refractivity contribution in [2.24, 2.45) is 11.7 Å². The van der Waals surface area contributed by atoms with Crippen molar-refractivity contribution in [2.75, 3.05) is 6.54 Å². The minimum Gasteiger partial charge on any atom is -0.352 e. The Balaban J connectivity index is 2.47. The van der Waals surface area contributed by atoms with Gasteiger partial charge in [-0.3, -0.25) is 4.79 Å². The van der Waals surface area contributed by atoms with Gasteiger partial charge in [-0.2, -0.15) is 0 Å². The molecule has 0 aliphatic heterocycles. The number of halogens is 1. The maximum absolute atomic E-state index is 11.4. The van der Waals surface area contributed by atoms with Gasteiger partial charge in [-0.05, 0) is 17.7 Å². The zero-order valence-electron chi connectivity index (χ0n) is 8.66. The summed E-state index contributed by atoms with van der Waals surface area (Å²) in [4.78, 5) is 11.4. The Labute approximate surface area is 94.6 Å². The minimum atomic E-state index is -0.149. The Morgan fingerprint density at radius 2 is 2.33 bits per heavy atom. The van der Waals surface area contributed by atoms with Crippen LogP contribution in [0.15, 0.2) is 24.3 Å². The second-order valence-corrected chi connectivity index (χ2v) is 3.92. The quantitative estimate of drug-likeness (QED) is 0.819.